The van der Waals surface area contributed by atoms with Gasteiger partial charge in [0, 0.05) is 37.7 Å². The van der Waals surface area contributed by atoms with Gasteiger partial charge in [0.25, 0.3) is 5.91 Å². The molecule has 3 aromatic heterocycles. The maximum atomic E-state index is 12.5. The third-order valence-electron chi connectivity index (χ3n) is 5.06. The monoisotopic (exact) mass is 391 g/mol. The van der Waals surface area contributed by atoms with E-state index < -0.39 is 0 Å². The number of pyridine rings is 1. The van der Waals surface area contributed by atoms with Crippen molar-refractivity contribution in [3.63, 3.8) is 0 Å². The maximum Gasteiger partial charge on any atom is 0.277 e. The van der Waals surface area contributed by atoms with Gasteiger partial charge in [-0.05, 0) is 44.5 Å². The molecule has 1 unspecified atom stereocenters. The molecule has 0 bridgehead atoms. The van der Waals surface area contributed by atoms with Crippen molar-refractivity contribution in [1.29, 1.82) is 0 Å². The lowest BCUT2D eigenvalue weighted by Crippen LogP contribution is -2.34. The second-order valence-corrected chi connectivity index (χ2v) is 7.38. The van der Waals surface area contributed by atoms with Crippen molar-refractivity contribution in [3.05, 3.63) is 65.6 Å². The number of nitrogens with one attached hydrogen (secondary N) is 1. The van der Waals surface area contributed by atoms with Crippen LogP contribution in [0.4, 0.5) is 5.82 Å². The average Bonchev–Trinajstić information content (AvgIpc) is 3.15. The van der Waals surface area contributed by atoms with Gasteiger partial charge in [0.1, 0.15) is 11.6 Å². The number of anilines is 1. The molecule has 1 aliphatic heterocycles. The lowest BCUT2D eigenvalue weighted by atomic mass is 10.0. The Bertz CT molecular complexity index is 986. The van der Waals surface area contributed by atoms with Gasteiger partial charge < -0.3 is 5.32 Å². The Balaban J connectivity index is 1.55. The minimum Gasteiger partial charge on any atom is -0.305 e. The summed E-state index contributed by atoms with van der Waals surface area (Å²) in [7, 11) is 1.78. The highest BCUT2D eigenvalue weighted by atomic mass is 16.2. The molecule has 0 radical (unpaired) electrons. The fourth-order valence-electron chi connectivity index (χ4n) is 3.69. The van der Waals surface area contributed by atoms with Crippen LogP contribution < -0.4 is 5.32 Å². The van der Waals surface area contributed by atoms with Crippen LogP contribution in [0.3, 0.4) is 0 Å². The zero-order valence-electron chi connectivity index (χ0n) is 16.7. The molecule has 1 N–H and O–H groups in total. The molecule has 1 fully saturated rings. The minimum atomic E-state index is -0.274. The van der Waals surface area contributed by atoms with Gasteiger partial charge in [0.15, 0.2) is 5.69 Å². The average molecular weight is 391 g/mol. The summed E-state index contributed by atoms with van der Waals surface area (Å²) in [5, 5.41) is 7.01. The van der Waals surface area contributed by atoms with E-state index in [0.29, 0.717) is 11.5 Å². The highest BCUT2D eigenvalue weighted by Gasteiger charge is 2.27. The van der Waals surface area contributed by atoms with Crippen molar-refractivity contribution in [2.24, 2.45) is 7.05 Å². The second kappa shape index (κ2) is 8.48. The van der Waals surface area contributed by atoms with Crippen LogP contribution in [-0.2, 0) is 13.6 Å². The van der Waals surface area contributed by atoms with Gasteiger partial charge >= 0.3 is 0 Å². The van der Waals surface area contributed by atoms with Gasteiger partial charge in [-0.15, -0.1) is 0 Å². The predicted molar refractivity (Wildman–Crippen MR) is 109 cm³/mol. The molecule has 8 nitrogen and oxygen atoms in total. The molecule has 8 heteroatoms. The van der Waals surface area contributed by atoms with Crippen LogP contribution in [-0.4, -0.2) is 42.1 Å². The van der Waals surface area contributed by atoms with Crippen LogP contribution >= 0.6 is 0 Å². The number of amides is 1. The van der Waals surface area contributed by atoms with Crippen LogP contribution in [0, 0.1) is 6.92 Å². The zero-order valence-corrected chi connectivity index (χ0v) is 16.7. The first kappa shape index (κ1) is 19.2. The van der Waals surface area contributed by atoms with E-state index >= 15 is 0 Å². The molecule has 150 valence electrons. The van der Waals surface area contributed by atoms with Crippen molar-refractivity contribution in [3.8, 4) is 0 Å². The number of rotatable bonds is 5. The molecular formula is C21H25N7O. The Morgan fingerprint density at radius 3 is 2.90 bits per heavy atom. The van der Waals surface area contributed by atoms with E-state index in [0.717, 1.165) is 49.6 Å². The number of nitrogens with zero attached hydrogens (tertiary/aromatic N) is 6. The van der Waals surface area contributed by atoms with Gasteiger partial charge in [-0.3, -0.25) is 19.4 Å². The SMILES string of the molecule is Cc1cc(NC(=O)c2ccn(C)n2)nc(C2CCCCN2Cc2ccccn2)n1. The van der Waals surface area contributed by atoms with Gasteiger partial charge in [-0.25, -0.2) is 9.97 Å². The van der Waals surface area contributed by atoms with Crippen molar-refractivity contribution in [1.82, 2.24) is 29.6 Å². The van der Waals surface area contributed by atoms with Crippen molar-refractivity contribution in [2.75, 3.05) is 11.9 Å². The number of hydrogen-bond acceptors (Lipinski definition) is 6. The highest BCUT2D eigenvalue weighted by molar-refractivity contribution is 6.02. The first-order valence-electron chi connectivity index (χ1n) is 9.89. The van der Waals surface area contributed by atoms with Gasteiger partial charge in [-0.1, -0.05) is 12.5 Å². The zero-order chi connectivity index (χ0) is 20.2. The smallest absolute Gasteiger partial charge is 0.277 e. The molecule has 1 aliphatic rings. The molecular weight excluding hydrogens is 366 g/mol. The summed E-state index contributed by atoms with van der Waals surface area (Å²) >= 11 is 0. The standard InChI is InChI=1S/C21H25N7O/c1-15-13-19(25-21(29)17-9-12-27(2)26-17)24-20(23-15)18-8-4-6-11-28(18)14-16-7-3-5-10-22-16/h3,5,7,9-10,12-13,18H,4,6,8,11,14H2,1-2H3,(H,23,24,25,29). The van der Waals surface area contributed by atoms with E-state index in [1.165, 1.54) is 0 Å². The van der Waals surface area contributed by atoms with Crippen LogP contribution in [0.1, 0.15) is 53.0 Å². The summed E-state index contributed by atoms with van der Waals surface area (Å²) in [6, 6.07) is 9.56. The lowest BCUT2D eigenvalue weighted by molar-refractivity contribution is 0.102. The molecule has 0 aromatic carbocycles. The summed E-state index contributed by atoms with van der Waals surface area (Å²) in [5.41, 5.74) is 2.23. The molecule has 4 rings (SSSR count). The fraction of sp³-hybridized carbons (Fsp3) is 0.381. The summed E-state index contributed by atoms with van der Waals surface area (Å²) in [5.74, 6) is 0.979. The molecule has 3 aromatic rings. The van der Waals surface area contributed by atoms with Gasteiger partial charge in [0.05, 0.1) is 11.7 Å². The first-order valence-corrected chi connectivity index (χ1v) is 9.89. The topological polar surface area (TPSA) is 88.8 Å². The molecule has 1 amide bonds. The number of aryl methyl sites for hydroxylation is 2. The van der Waals surface area contributed by atoms with E-state index in [2.05, 4.69) is 30.3 Å². The van der Waals surface area contributed by atoms with Crippen molar-refractivity contribution >= 4 is 11.7 Å². The number of likely N-dealkylation sites (tertiary alicyclic amines) is 1. The molecule has 0 spiro atoms. The normalized spacial score (nSPS) is 17.2. The third-order valence-corrected chi connectivity index (χ3v) is 5.06. The molecule has 1 saturated heterocycles. The number of aromatic nitrogens is 5. The van der Waals surface area contributed by atoms with Crippen molar-refractivity contribution < 1.29 is 4.79 Å². The molecule has 1 atom stereocenters. The fourth-order valence-corrected chi connectivity index (χ4v) is 3.69. The van der Waals surface area contributed by atoms with E-state index in [-0.39, 0.29) is 11.9 Å². The number of carbonyl (C=O) groups is 1. The van der Waals surface area contributed by atoms with Crippen LogP contribution in [0.15, 0.2) is 42.7 Å². The summed E-state index contributed by atoms with van der Waals surface area (Å²) in [6.07, 6.45) is 6.84. The van der Waals surface area contributed by atoms with Crippen LogP contribution in [0.5, 0.6) is 0 Å². The largest absolute Gasteiger partial charge is 0.305 e. The van der Waals surface area contributed by atoms with Crippen LogP contribution in [0.2, 0.25) is 0 Å². The Kier molecular flexibility index (Phi) is 5.62. The second-order valence-electron chi connectivity index (χ2n) is 7.38. The quantitative estimate of drug-likeness (QED) is 0.719. The maximum absolute atomic E-state index is 12.5. The summed E-state index contributed by atoms with van der Waals surface area (Å²) in [4.78, 5) is 28.7. The Labute approximate surface area is 170 Å². The molecule has 4 heterocycles. The Morgan fingerprint density at radius 2 is 2.14 bits per heavy atom. The van der Waals surface area contributed by atoms with Crippen LogP contribution in [0.25, 0.3) is 0 Å². The van der Waals surface area contributed by atoms with Gasteiger partial charge in [-0.2, -0.15) is 5.10 Å². The number of carbonyl (C=O) groups excluding carboxylic acids is 1. The Hall–Kier alpha value is -3.13. The molecule has 0 saturated carbocycles. The van der Waals surface area contributed by atoms with Gasteiger partial charge in [0.2, 0.25) is 0 Å². The first-order chi connectivity index (χ1) is 14.1. The van der Waals surface area contributed by atoms with E-state index in [4.69, 9.17) is 0 Å². The number of hydrogen-bond donors (Lipinski definition) is 1. The Morgan fingerprint density at radius 1 is 1.24 bits per heavy atom. The summed E-state index contributed by atoms with van der Waals surface area (Å²) in [6.45, 7) is 3.67. The number of piperidine rings is 1. The summed E-state index contributed by atoms with van der Waals surface area (Å²) < 4.78 is 1.60. The van der Waals surface area contributed by atoms with E-state index in [1.54, 1.807) is 30.1 Å². The molecule has 0 aliphatic carbocycles. The van der Waals surface area contributed by atoms with Crippen molar-refractivity contribution in [2.45, 2.75) is 38.8 Å². The molecule has 29 heavy (non-hydrogen) atoms. The highest BCUT2D eigenvalue weighted by Crippen LogP contribution is 2.30. The predicted octanol–water partition coefficient (Wildman–Crippen LogP) is 2.89. The minimum absolute atomic E-state index is 0.108. The lowest BCUT2D eigenvalue weighted by Gasteiger charge is -2.34. The van der Waals surface area contributed by atoms with E-state index in [1.807, 2.05) is 31.3 Å². The third kappa shape index (κ3) is 4.65. The van der Waals surface area contributed by atoms with E-state index in [9.17, 15) is 4.79 Å².